The van der Waals surface area contributed by atoms with E-state index < -0.39 is 10.0 Å². The standard InChI is InChI=1S/C18H30N4O3S.ClH/c1-4-22(5-2)26(24,25)17-14-16(7-6-15(17)3)18(23)20-10-13-21-11-8-19-9-12-21;/h6-7,14,19H,4-5,8-13H2,1-3H3,(H,20,23);1H. The maximum atomic E-state index is 12.8. The molecule has 0 spiro atoms. The molecule has 1 fully saturated rings. The van der Waals surface area contributed by atoms with Crippen molar-refractivity contribution in [3.63, 3.8) is 0 Å². The van der Waals surface area contributed by atoms with Crippen LogP contribution in [0.4, 0.5) is 0 Å². The molecule has 0 bridgehead atoms. The number of nitrogens with zero attached hydrogens (tertiary/aromatic N) is 2. The van der Waals surface area contributed by atoms with Crippen molar-refractivity contribution in [3.05, 3.63) is 29.3 Å². The summed E-state index contributed by atoms with van der Waals surface area (Å²) in [5.41, 5.74) is 1.02. The van der Waals surface area contributed by atoms with Crippen molar-refractivity contribution < 1.29 is 13.2 Å². The van der Waals surface area contributed by atoms with Gasteiger partial charge < -0.3 is 10.6 Å². The first-order valence-corrected chi connectivity index (χ1v) is 10.7. The van der Waals surface area contributed by atoms with E-state index in [-0.39, 0.29) is 23.2 Å². The molecule has 1 amide bonds. The number of nitrogens with one attached hydrogen (secondary N) is 2. The molecule has 2 rings (SSSR count). The Bertz CT molecular complexity index is 717. The van der Waals surface area contributed by atoms with Crippen LogP contribution in [0.3, 0.4) is 0 Å². The third-order valence-corrected chi connectivity index (χ3v) is 6.89. The Morgan fingerprint density at radius 2 is 1.85 bits per heavy atom. The van der Waals surface area contributed by atoms with Crippen molar-refractivity contribution in [3.8, 4) is 0 Å². The minimum absolute atomic E-state index is 0. The minimum Gasteiger partial charge on any atom is -0.351 e. The van der Waals surface area contributed by atoms with E-state index in [1.165, 1.54) is 10.4 Å². The van der Waals surface area contributed by atoms with Gasteiger partial charge in [-0.1, -0.05) is 19.9 Å². The van der Waals surface area contributed by atoms with Crippen LogP contribution in [0.2, 0.25) is 0 Å². The SMILES string of the molecule is CCN(CC)S(=O)(=O)c1cc(C(=O)NCCN2CCNCC2)ccc1C.Cl. The zero-order chi connectivity index (χ0) is 19.2. The number of carbonyl (C=O) groups excluding carboxylic acids is 1. The summed E-state index contributed by atoms with van der Waals surface area (Å²) < 4.78 is 27.0. The average molecular weight is 419 g/mol. The van der Waals surface area contributed by atoms with Gasteiger partial charge in [0.05, 0.1) is 4.90 Å². The van der Waals surface area contributed by atoms with Crippen LogP contribution in [0.5, 0.6) is 0 Å². The van der Waals surface area contributed by atoms with Crippen LogP contribution in [0.15, 0.2) is 23.1 Å². The number of hydrogen-bond donors (Lipinski definition) is 2. The van der Waals surface area contributed by atoms with Crippen molar-refractivity contribution in [2.24, 2.45) is 0 Å². The van der Waals surface area contributed by atoms with E-state index in [4.69, 9.17) is 0 Å². The lowest BCUT2D eigenvalue weighted by molar-refractivity contribution is 0.0947. The molecule has 154 valence electrons. The molecular weight excluding hydrogens is 388 g/mol. The second kappa shape index (κ2) is 11.0. The second-order valence-electron chi connectivity index (χ2n) is 6.42. The third kappa shape index (κ3) is 6.15. The Morgan fingerprint density at radius 3 is 2.44 bits per heavy atom. The van der Waals surface area contributed by atoms with Crippen LogP contribution in [-0.4, -0.2) is 75.9 Å². The smallest absolute Gasteiger partial charge is 0.251 e. The summed E-state index contributed by atoms with van der Waals surface area (Å²) in [5.74, 6) is -0.240. The number of amides is 1. The normalized spacial score (nSPS) is 15.4. The summed E-state index contributed by atoms with van der Waals surface area (Å²) in [4.78, 5) is 14.9. The van der Waals surface area contributed by atoms with E-state index in [1.807, 2.05) is 13.8 Å². The molecule has 0 radical (unpaired) electrons. The molecule has 0 atom stereocenters. The van der Waals surface area contributed by atoms with Crippen molar-refractivity contribution in [2.45, 2.75) is 25.7 Å². The number of carbonyl (C=O) groups is 1. The van der Waals surface area contributed by atoms with Gasteiger partial charge in [0, 0.05) is 57.9 Å². The van der Waals surface area contributed by atoms with Gasteiger partial charge in [-0.2, -0.15) is 4.31 Å². The largest absolute Gasteiger partial charge is 0.351 e. The van der Waals surface area contributed by atoms with Crippen molar-refractivity contribution in [2.75, 3.05) is 52.4 Å². The fourth-order valence-electron chi connectivity index (χ4n) is 3.09. The minimum atomic E-state index is -3.59. The number of piperazine rings is 1. The molecule has 0 unspecified atom stereocenters. The summed E-state index contributed by atoms with van der Waals surface area (Å²) in [6.45, 7) is 11.4. The number of benzene rings is 1. The maximum absolute atomic E-state index is 12.8. The van der Waals surface area contributed by atoms with Crippen molar-refractivity contribution >= 4 is 28.3 Å². The number of hydrogen-bond acceptors (Lipinski definition) is 5. The van der Waals surface area contributed by atoms with E-state index >= 15 is 0 Å². The average Bonchev–Trinajstić information content (AvgIpc) is 2.63. The van der Waals surface area contributed by atoms with Gasteiger partial charge in [-0.05, 0) is 24.6 Å². The third-order valence-electron chi connectivity index (χ3n) is 4.70. The van der Waals surface area contributed by atoms with E-state index in [0.717, 1.165) is 32.7 Å². The molecule has 27 heavy (non-hydrogen) atoms. The zero-order valence-electron chi connectivity index (χ0n) is 16.3. The highest BCUT2D eigenvalue weighted by Crippen LogP contribution is 2.21. The van der Waals surface area contributed by atoms with Gasteiger partial charge in [-0.15, -0.1) is 12.4 Å². The van der Waals surface area contributed by atoms with Crippen molar-refractivity contribution in [1.82, 2.24) is 19.8 Å². The molecule has 1 heterocycles. The highest BCUT2D eigenvalue weighted by molar-refractivity contribution is 7.89. The van der Waals surface area contributed by atoms with Gasteiger partial charge in [0.2, 0.25) is 10.0 Å². The van der Waals surface area contributed by atoms with Crippen LogP contribution in [0, 0.1) is 6.92 Å². The predicted molar refractivity (Wildman–Crippen MR) is 110 cm³/mol. The number of halogens is 1. The van der Waals surface area contributed by atoms with Crippen LogP contribution >= 0.6 is 12.4 Å². The Hall–Kier alpha value is -1.19. The quantitative estimate of drug-likeness (QED) is 0.660. The zero-order valence-corrected chi connectivity index (χ0v) is 18.0. The van der Waals surface area contributed by atoms with Crippen molar-refractivity contribution in [1.29, 1.82) is 0 Å². The second-order valence-corrected chi connectivity index (χ2v) is 8.32. The highest BCUT2D eigenvalue weighted by Gasteiger charge is 2.24. The van der Waals surface area contributed by atoms with Gasteiger partial charge in [0.15, 0.2) is 0 Å². The molecular formula is C18H31ClN4O3S. The highest BCUT2D eigenvalue weighted by atomic mass is 35.5. The Labute approximate surface area is 168 Å². The molecule has 1 saturated heterocycles. The first kappa shape index (κ1) is 23.8. The summed E-state index contributed by atoms with van der Waals surface area (Å²) in [7, 11) is -3.59. The molecule has 1 aliphatic rings. The van der Waals surface area contributed by atoms with Crippen LogP contribution in [0.1, 0.15) is 29.8 Å². The fourth-order valence-corrected chi connectivity index (χ4v) is 4.80. The summed E-state index contributed by atoms with van der Waals surface area (Å²) >= 11 is 0. The molecule has 1 aromatic carbocycles. The first-order valence-electron chi connectivity index (χ1n) is 9.22. The van der Waals surface area contributed by atoms with E-state index in [0.29, 0.717) is 30.8 Å². The van der Waals surface area contributed by atoms with Gasteiger partial charge >= 0.3 is 0 Å². The maximum Gasteiger partial charge on any atom is 0.251 e. The van der Waals surface area contributed by atoms with Gasteiger partial charge in [-0.3, -0.25) is 9.69 Å². The molecule has 9 heteroatoms. The molecule has 0 saturated carbocycles. The lowest BCUT2D eigenvalue weighted by Crippen LogP contribution is -2.46. The van der Waals surface area contributed by atoms with Crippen LogP contribution in [-0.2, 0) is 10.0 Å². The van der Waals surface area contributed by atoms with E-state index in [1.54, 1.807) is 19.1 Å². The Kier molecular flexibility index (Phi) is 9.69. The molecule has 0 aromatic heterocycles. The Balaban J connectivity index is 0.00000364. The van der Waals surface area contributed by atoms with Crippen LogP contribution in [0.25, 0.3) is 0 Å². The lowest BCUT2D eigenvalue weighted by atomic mass is 10.1. The first-order chi connectivity index (χ1) is 12.4. The molecule has 1 aliphatic heterocycles. The van der Waals surface area contributed by atoms with Gasteiger partial charge in [0.1, 0.15) is 0 Å². The lowest BCUT2D eigenvalue weighted by Gasteiger charge is -2.27. The molecule has 1 aromatic rings. The number of rotatable bonds is 8. The van der Waals surface area contributed by atoms with Gasteiger partial charge in [0.25, 0.3) is 5.91 Å². The monoisotopic (exact) mass is 418 g/mol. The Morgan fingerprint density at radius 1 is 1.22 bits per heavy atom. The predicted octanol–water partition coefficient (Wildman–Crippen LogP) is 1.08. The van der Waals surface area contributed by atoms with E-state index in [2.05, 4.69) is 15.5 Å². The number of sulfonamides is 1. The summed E-state index contributed by atoms with van der Waals surface area (Å²) in [6.07, 6.45) is 0. The summed E-state index contributed by atoms with van der Waals surface area (Å²) in [6, 6.07) is 4.86. The molecule has 7 nitrogen and oxygen atoms in total. The number of aryl methyl sites for hydroxylation is 1. The fraction of sp³-hybridized carbons (Fsp3) is 0.611. The molecule has 2 N–H and O–H groups in total. The van der Waals surface area contributed by atoms with E-state index in [9.17, 15) is 13.2 Å². The topological polar surface area (TPSA) is 81.8 Å². The summed E-state index contributed by atoms with van der Waals surface area (Å²) in [5, 5.41) is 6.19. The van der Waals surface area contributed by atoms with Gasteiger partial charge in [-0.25, -0.2) is 8.42 Å². The molecule has 0 aliphatic carbocycles. The van der Waals surface area contributed by atoms with Crippen LogP contribution < -0.4 is 10.6 Å².